The van der Waals surface area contributed by atoms with Crippen LogP contribution in [0.5, 0.6) is 11.5 Å². The molecule has 2 aliphatic heterocycles. The smallest absolute Gasteiger partial charge is 0.277 e. The van der Waals surface area contributed by atoms with Crippen molar-refractivity contribution in [3.05, 3.63) is 71.0 Å². The van der Waals surface area contributed by atoms with Crippen LogP contribution in [-0.4, -0.2) is 29.2 Å². The lowest BCUT2D eigenvalue weighted by Gasteiger charge is -2.17. The normalized spacial score (nSPS) is 14.0. The average molecular weight is 388 g/mol. The van der Waals surface area contributed by atoms with E-state index >= 15 is 0 Å². The summed E-state index contributed by atoms with van der Waals surface area (Å²) in [6.07, 6.45) is 0.862. The Morgan fingerprint density at radius 2 is 1.97 bits per heavy atom. The number of para-hydroxylation sites is 1. The Kier molecular flexibility index (Phi) is 4.27. The van der Waals surface area contributed by atoms with Crippen LogP contribution in [0.15, 0.2) is 48.5 Å². The van der Waals surface area contributed by atoms with Crippen LogP contribution in [0, 0.1) is 6.92 Å². The van der Waals surface area contributed by atoms with E-state index in [1.54, 1.807) is 11.0 Å². The third-order valence-electron chi connectivity index (χ3n) is 5.09. The van der Waals surface area contributed by atoms with E-state index in [9.17, 15) is 4.79 Å². The fourth-order valence-corrected chi connectivity index (χ4v) is 3.68. The zero-order valence-electron chi connectivity index (χ0n) is 16.0. The molecule has 0 unspecified atom stereocenters. The number of nitrogens with zero attached hydrogens (tertiary/aromatic N) is 3. The van der Waals surface area contributed by atoms with E-state index in [1.165, 1.54) is 5.56 Å². The van der Waals surface area contributed by atoms with Gasteiger partial charge in [-0.1, -0.05) is 24.3 Å². The average Bonchev–Trinajstić information content (AvgIpc) is 3.37. The van der Waals surface area contributed by atoms with Crippen molar-refractivity contribution in [3.63, 3.8) is 0 Å². The molecule has 7 heteroatoms. The molecule has 0 spiro atoms. The van der Waals surface area contributed by atoms with Crippen molar-refractivity contribution < 1.29 is 14.3 Å². The summed E-state index contributed by atoms with van der Waals surface area (Å²) in [5, 5.41) is 3.21. The highest BCUT2D eigenvalue weighted by atomic mass is 16.7. The SMILES string of the molecule is Cc1cc(C(=O)N2CCc3ccccc32)nc(NCc2ccc3c(c2)OCO3)n1. The molecule has 5 rings (SSSR count). The Bertz CT molecular complexity index is 1100. The van der Waals surface area contributed by atoms with Crippen LogP contribution < -0.4 is 19.7 Å². The predicted octanol–water partition coefficient (Wildman–Crippen LogP) is 3.33. The minimum atomic E-state index is -0.105. The molecule has 0 radical (unpaired) electrons. The lowest BCUT2D eigenvalue weighted by atomic mass is 10.2. The second-order valence-corrected chi connectivity index (χ2v) is 7.09. The Balaban J connectivity index is 1.34. The Labute approximate surface area is 168 Å². The fourth-order valence-electron chi connectivity index (χ4n) is 3.68. The van der Waals surface area contributed by atoms with E-state index in [-0.39, 0.29) is 12.7 Å². The number of nitrogens with one attached hydrogen (secondary N) is 1. The first-order valence-electron chi connectivity index (χ1n) is 9.55. The largest absolute Gasteiger partial charge is 0.454 e. The molecule has 29 heavy (non-hydrogen) atoms. The van der Waals surface area contributed by atoms with Gasteiger partial charge in [-0.15, -0.1) is 0 Å². The molecule has 0 saturated heterocycles. The molecule has 1 N–H and O–H groups in total. The lowest BCUT2D eigenvalue weighted by Crippen LogP contribution is -2.30. The van der Waals surface area contributed by atoms with E-state index in [0.717, 1.165) is 34.9 Å². The molecule has 1 aromatic heterocycles. The maximum atomic E-state index is 13.1. The third-order valence-corrected chi connectivity index (χ3v) is 5.09. The molecule has 0 fully saturated rings. The summed E-state index contributed by atoms with van der Waals surface area (Å²) >= 11 is 0. The van der Waals surface area contributed by atoms with E-state index < -0.39 is 0 Å². The van der Waals surface area contributed by atoms with Crippen LogP contribution in [0.2, 0.25) is 0 Å². The number of rotatable bonds is 4. The summed E-state index contributed by atoms with van der Waals surface area (Å²) in [6.45, 7) is 3.29. The van der Waals surface area contributed by atoms with E-state index in [0.29, 0.717) is 24.7 Å². The van der Waals surface area contributed by atoms with Gasteiger partial charge in [0, 0.05) is 24.5 Å². The minimum Gasteiger partial charge on any atom is -0.454 e. The number of amides is 1. The molecule has 2 aromatic carbocycles. The van der Waals surface area contributed by atoms with E-state index in [1.807, 2.05) is 43.3 Å². The van der Waals surface area contributed by atoms with Crippen molar-refractivity contribution >= 4 is 17.5 Å². The number of hydrogen-bond acceptors (Lipinski definition) is 6. The molecule has 1 amide bonds. The second-order valence-electron chi connectivity index (χ2n) is 7.09. The maximum Gasteiger partial charge on any atom is 0.277 e. The summed E-state index contributed by atoms with van der Waals surface area (Å²) in [5.74, 6) is 1.81. The van der Waals surface area contributed by atoms with Crippen LogP contribution in [0.1, 0.15) is 27.3 Å². The summed E-state index contributed by atoms with van der Waals surface area (Å²) in [4.78, 5) is 23.8. The zero-order chi connectivity index (χ0) is 19.8. The molecular formula is C22H20N4O3. The van der Waals surface area contributed by atoms with Crippen LogP contribution in [0.4, 0.5) is 11.6 Å². The highest BCUT2D eigenvalue weighted by Gasteiger charge is 2.26. The Hall–Kier alpha value is -3.61. The van der Waals surface area contributed by atoms with Crippen molar-refractivity contribution in [2.75, 3.05) is 23.6 Å². The number of aromatic nitrogens is 2. The van der Waals surface area contributed by atoms with Crippen molar-refractivity contribution in [3.8, 4) is 11.5 Å². The Morgan fingerprint density at radius 3 is 2.90 bits per heavy atom. The van der Waals surface area contributed by atoms with Gasteiger partial charge in [0.1, 0.15) is 5.69 Å². The molecule has 0 atom stereocenters. The summed E-state index contributed by atoms with van der Waals surface area (Å²) in [7, 11) is 0. The minimum absolute atomic E-state index is 0.105. The van der Waals surface area contributed by atoms with Crippen LogP contribution in [0.3, 0.4) is 0 Å². The number of carbonyl (C=O) groups is 1. The molecular weight excluding hydrogens is 368 g/mol. The number of benzene rings is 2. The number of fused-ring (bicyclic) bond motifs is 2. The van der Waals surface area contributed by atoms with Gasteiger partial charge < -0.3 is 19.7 Å². The number of aryl methyl sites for hydroxylation is 1. The van der Waals surface area contributed by atoms with Gasteiger partial charge in [-0.05, 0) is 48.7 Å². The number of ether oxygens (including phenoxy) is 2. The van der Waals surface area contributed by atoms with E-state index in [4.69, 9.17) is 9.47 Å². The fraction of sp³-hybridized carbons (Fsp3) is 0.227. The quantitative estimate of drug-likeness (QED) is 0.739. The molecule has 7 nitrogen and oxygen atoms in total. The summed E-state index contributed by atoms with van der Waals surface area (Å²) < 4.78 is 10.8. The number of carbonyl (C=O) groups excluding carboxylic acids is 1. The highest BCUT2D eigenvalue weighted by Crippen LogP contribution is 2.32. The predicted molar refractivity (Wildman–Crippen MR) is 108 cm³/mol. The van der Waals surface area contributed by atoms with Gasteiger partial charge in [-0.2, -0.15) is 0 Å². The van der Waals surface area contributed by atoms with Gasteiger partial charge in [0.25, 0.3) is 5.91 Å². The van der Waals surface area contributed by atoms with Gasteiger partial charge in [0.15, 0.2) is 11.5 Å². The lowest BCUT2D eigenvalue weighted by molar-refractivity contribution is 0.0984. The second kappa shape index (κ2) is 7.09. The van der Waals surface area contributed by atoms with Crippen molar-refractivity contribution in [2.45, 2.75) is 19.9 Å². The summed E-state index contributed by atoms with van der Waals surface area (Å²) in [5.41, 5.74) is 4.29. The molecule has 0 saturated carbocycles. The number of hydrogen-bond donors (Lipinski definition) is 1. The first-order chi connectivity index (χ1) is 14.2. The van der Waals surface area contributed by atoms with Crippen molar-refractivity contribution in [1.29, 1.82) is 0 Å². The molecule has 2 aliphatic rings. The first-order valence-corrected chi connectivity index (χ1v) is 9.55. The Morgan fingerprint density at radius 1 is 1.10 bits per heavy atom. The topological polar surface area (TPSA) is 76.6 Å². The highest BCUT2D eigenvalue weighted by molar-refractivity contribution is 6.06. The molecule has 3 heterocycles. The standard InChI is InChI=1S/C22H20N4O3/c1-14-10-17(21(27)26-9-8-16-4-2-3-5-18(16)26)25-22(24-14)23-12-15-6-7-19-20(11-15)29-13-28-19/h2-7,10-11H,8-9,12-13H2,1H3,(H,23,24,25). The number of anilines is 2. The van der Waals surface area contributed by atoms with Gasteiger partial charge >= 0.3 is 0 Å². The van der Waals surface area contributed by atoms with Gasteiger partial charge in [-0.3, -0.25) is 4.79 Å². The molecule has 146 valence electrons. The van der Waals surface area contributed by atoms with E-state index in [2.05, 4.69) is 21.4 Å². The molecule has 0 aliphatic carbocycles. The van der Waals surface area contributed by atoms with Crippen LogP contribution in [0.25, 0.3) is 0 Å². The molecule has 3 aromatic rings. The van der Waals surface area contributed by atoms with Crippen LogP contribution in [-0.2, 0) is 13.0 Å². The third kappa shape index (κ3) is 3.35. The van der Waals surface area contributed by atoms with Gasteiger partial charge in [-0.25, -0.2) is 9.97 Å². The van der Waals surface area contributed by atoms with Crippen molar-refractivity contribution in [2.24, 2.45) is 0 Å². The maximum absolute atomic E-state index is 13.1. The van der Waals surface area contributed by atoms with Gasteiger partial charge in [0.05, 0.1) is 0 Å². The zero-order valence-corrected chi connectivity index (χ0v) is 16.0. The van der Waals surface area contributed by atoms with Crippen LogP contribution >= 0.6 is 0 Å². The van der Waals surface area contributed by atoms with Crippen molar-refractivity contribution in [1.82, 2.24) is 9.97 Å². The first kappa shape index (κ1) is 17.5. The molecule has 0 bridgehead atoms. The monoisotopic (exact) mass is 388 g/mol. The summed E-state index contributed by atoms with van der Waals surface area (Å²) in [6, 6.07) is 15.5. The van der Waals surface area contributed by atoms with Gasteiger partial charge in [0.2, 0.25) is 12.7 Å².